The predicted octanol–water partition coefficient (Wildman–Crippen LogP) is 3.21. The largest absolute Gasteiger partial charge is 0.485 e. The first-order chi connectivity index (χ1) is 13.3. The highest BCUT2D eigenvalue weighted by Gasteiger charge is 2.46. The number of nitriles is 2. The van der Waals surface area contributed by atoms with Crippen LogP contribution in [0.5, 0.6) is 5.75 Å². The third-order valence-corrected chi connectivity index (χ3v) is 4.80. The van der Waals surface area contributed by atoms with Crippen LogP contribution in [0.3, 0.4) is 0 Å². The standard InChI is InChI=1S/C20H18ClN5O2/c1-20(2)18(27)17(15-9-12(10-22)3-8-16(15)28-20)26(11-23)19(24)25-14-6-4-13(21)5-7-14/h3-9,17-18,27H,1-2H3,(H2,24,25)/t17-,18+/m1/s1. The van der Waals surface area contributed by atoms with Crippen LogP contribution in [-0.2, 0) is 0 Å². The Balaban J connectivity index is 2.09. The summed E-state index contributed by atoms with van der Waals surface area (Å²) in [4.78, 5) is 5.40. The number of rotatable bonds is 2. The molecule has 1 aliphatic heterocycles. The molecule has 2 atom stereocenters. The zero-order valence-electron chi connectivity index (χ0n) is 15.3. The minimum atomic E-state index is -1.10. The zero-order chi connectivity index (χ0) is 20.5. The number of benzene rings is 2. The zero-order valence-corrected chi connectivity index (χ0v) is 16.1. The molecule has 0 aromatic heterocycles. The lowest BCUT2D eigenvalue weighted by Crippen LogP contribution is -2.54. The van der Waals surface area contributed by atoms with Crippen LogP contribution in [0.1, 0.15) is 31.0 Å². The van der Waals surface area contributed by atoms with Crippen LogP contribution in [0.25, 0.3) is 0 Å². The Morgan fingerprint density at radius 2 is 1.93 bits per heavy atom. The molecule has 2 aromatic rings. The van der Waals surface area contributed by atoms with Crippen molar-refractivity contribution in [2.45, 2.75) is 31.6 Å². The number of hydrogen-bond acceptors (Lipinski definition) is 5. The first-order valence-electron chi connectivity index (χ1n) is 8.46. The summed E-state index contributed by atoms with van der Waals surface area (Å²) in [5.41, 5.74) is 6.50. The van der Waals surface area contributed by atoms with Crippen LogP contribution in [0.4, 0.5) is 5.69 Å². The summed E-state index contributed by atoms with van der Waals surface area (Å²) in [6.07, 6.45) is 0.899. The van der Waals surface area contributed by atoms with Crippen molar-refractivity contribution in [1.29, 1.82) is 10.5 Å². The van der Waals surface area contributed by atoms with E-state index in [4.69, 9.17) is 22.1 Å². The molecule has 0 unspecified atom stereocenters. The van der Waals surface area contributed by atoms with Crippen LogP contribution in [0.15, 0.2) is 47.5 Å². The Hall–Kier alpha value is -3.26. The lowest BCUT2D eigenvalue weighted by atomic mass is 9.85. The third-order valence-electron chi connectivity index (χ3n) is 4.54. The van der Waals surface area contributed by atoms with Crippen molar-refractivity contribution in [1.82, 2.24) is 4.90 Å². The van der Waals surface area contributed by atoms with Gasteiger partial charge in [0.15, 0.2) is 6.19 Å². The third kappa shape index (κ3) is 3.59. The quantitative estimate of drug-likeness (QED) is 0.349. The van der Waals surface area contributed by atoms with Crippen LogP contribution in [0.2, 0.25) is 5.02 Å². The van der Waals surface area contributed by atoms with E-state index in [-0.39, 0.29) is 5.96 Å². The second-order valence-corrected chi connectivity index (χ2v) is 7.31. The number of hydrogen-bond donors (Lipinski definition) is 2. The SMILES string of the molecule is CC1(C)Oc2ccc(C#N)cc2[C@@H](N(C#N)C(N)=Nc2ccc(Cl)cc2)[C@@H]1O. The van der Waals surface area contributed by atoms with Gasteiger partial charge in [-0.15, -0.1) is 0 Å². The van der Waals surface area contributed by atoms with E-state index < -0.39 is 17.7 Å². The first kappa shape index (κ1) is 19.5. The number of fused-ring (bicyclic) bond motifs is 1. The van der Waals surface area contributed by atoms with Crippen LogP contribution in [-0.4, -0.2) is 27.7 Å². The summed E-state index contributed by atoms with van der Waals surface area (Å²) < 4.78 is 5.88. The summed E-state index contributed by atoms with van der Waals surface area (Å²) in [6.45, 7) is 3.43. The minimum Gasteiger partial charge on any atom is -0.485 e. The van der Waals surface area contributed by atoms with Crippen molar-refractivity contribution in [3.8, 4) is 18.0 Å². The monoisotopic (exact) mass is 395 g/mol. The van der Waals surface area contributed by atoms with Gasteiger partial charge in [0, 0.05) is 10.6 Å². The Morgan fingerprint density at radius 1 is 1.25 bits per heavy atom. The van der Waals surface area contributed by atoms with Crippen molar-refractivity contribution in [2.24, 2.45) is 10.7 Å². The molecule has 0 amide bonds. The molecule has 28 heavy (non-hydrogen) atoms. The molecule has 2 aromatic carbocycles. The molecule has 1 aliphatic rings. The van der Waals surface area contributed by atoms with E-state index >= 15 is 0 Å². The number of nitrogens with zero attached hydrogens (tertiary/aromatic N) is 4. The molecule has 3 N–H and O–H groups in total. The van der Waals surface area contributed by atoms with Crippen LogP contribution in [0, 0.1) is 22.8 Å². The van der Waals surface area contributed by atoms with Gasteiger partial charge in [-0.3, -0.25) is 0 Å². The second kappa shape index (κ2) is 7.40. The molecule has 0 aliphatic carbocycles. The second-order valence-electron chi connectivity index (χ2n) is 6.88. The van der Waals surface area contributed by atoms with Gasteiger partial charge in [0.05, 0.1) is 17.3 Å². The number of guanidine groups is 1. The maximum Gasteiger partial charge on any atom is 0.210 e. The molecule has 0 saturated heterocycles. The molecule has 0 radical (unpaired) electrons. The highest BCUT2D eigenvalue weighted by molar-refractivity contribution is 6.30. The molecule has 0 fully saturated rings. The Labute approximate surface area is 167 Å². The van der Waals surface area contributed by atoms with Gasteiger partial charge in [-0.05, 0) is 56.3 Å². The number of halogens is 1. The lowest BCUT2D eigenvalue weighted by molar-refractivity contribution is -0.0751. The van der Waals surface area contributed by atoms with E-state index in [9.17, 15) is 15.6 Å². The molecule has 3 rings (SSSR count). The molecule has 8 heteroatoms. The number of aliphatic hydroxyl groups excluding tert-OH is 1. The van der Waals surface area contributed by atoms with E-state index in [2.05, 4.69) is 11.1 Å². The molecule has 0 saturated carbocycles. The number of aliphatic imine (C=N–C) groups is 1. The van der Waals surface area contributed by atoms with Crippen molar-refractivity contribution in [3.05, 3.63) is 58.6 Å². The van der Waals surface area contributed by atoms with E-state index in [1.807, 2.05) is 6.19 Å². The summed E-state index contributed by atoms with van der Waals surface area (Å²) in [5, 5.41) is 30.5. The molecular formula is C20H18ClN5O2. The molecule has 142 valence electrons. The fraction of sp³-hybridized carbons (Fsp3) is 0.250. The topological polar surface area (TPSA) is 119 Å². The van der Waals surface area contributed by atoms with Gasteiger partial charge >= 0.3 is 0 Å². The number of nitrogens with two attached hydrogens (primary N) is 1. The highest BCUT2D eigenvalue weighted by atomic mass is 35.5. The summed E-state index contributed by atoms with van der Waals surface area (Å²) in [6, 6.07) is 12.7. The first-order valence-corrected chi connectivity index (χ1v) is 8.84. The van der Waals surface area contributed by atoms with Crippen LogP contribution < -0.4 is 10.5 Å². The average Bonchev–Trinajstić information content (AvgIpc) is 2.66. The van der Waals surface area contributed by atoms with Crippen LogP contribution >= 0.6 is 11.6 Å². The number of ether oxygens (including phenoxy) is 1. The summed E-state index contributed by atoms with van der Waals surface area (Å²) >= 11 is 5.88. The normalized spacial score (nSPS) is 20.3. The predicted molar refractivity (Wildman–Crippen MR) is 105 cm³/mol. The van der Waals surface area contributed by atoms with Gasteiger partial charge in [0.25, 0.3) is 0 Å². The molecular weight excluding hydrogens is 378 g/mol. The molecule has 0 spiro atoms. The summed E-state index contributed by atoms with van der Waals surface area (Å²) in [7, 11) is 0. The summed E-state index contributed by atoms with van der Waals surface area (Å²) in [5.74, 6) is 0.374. The molecule has 7 nitrogen and oxygen atoms in total. The van der Waals surface area contributed by atoms with E-state index in [0.717, 1.165) is 4.90 Å². The van der Waals surface area contributed by atoms with E-state index in [1.54, 1.807) is 56.3 Å². The van der Waals surface area contributed by atoms with Gasteiger partial charge in [-0.2, -0.15) is 10.5 Å². The van der Waals surface area contributed by atoms with Crippen molar-refractivity contribution < 1.29 is 9.84 Å². The van der Waals surface area contributed by atoms with Gasteiger partial charge in [-0.25, -0.2) is 9.89 Å². The minimum absolute atomic E-state index is 0.0973. The lowest BCUT2D eigenvalue weighted by Gasteiger charge is -2.44. The maximum atomic E-state index is 10.9. The van der Waals surface area contributed by atoms with E-state index in [1.165, 1.54) is 0 Å². The van der Waals surface area contributed by atoms with Gasteiger partial charge in [0.2, 0.25) is 5.96 Å². The van der Waals surface area contributed by atoms with Gasteiger partial charge in [-0.1, -0.05) is 11.6 Å². The molecule has 1 heterocycles. The van der Waals surface area contributed by atoms with Gasteiger partial charge < -0.3 is 15.6 Å². The Morgan fingerprint density at radius 3 is 2.54 bits per heavy atom. The van der Waals surface area contributed by atoms with Crippen molar-refractivity contribution in [3.63, 3.8) is 0 Å². The fourth-order valence-electron chi connectivity index (χ4n) is 3.07. The number of aliphatic hydroxyl groups is 1. The fourth-order valence-corrected chi connectivity index (χ4v) is 3.20. The van der Waals surface area contributed by atoms with Crippen molar-refractivity contribution >= 4 is 23.2 Å². The Kier molecular flexibility index (Phi) is 5.15. The van der Waals surface area contributed by atoms with E-state index in [0.29, 0.717) is 27.6 Å². The highest BCUT2D eigenvalue weighted by Crippen LogP contribution is 2.43. The van der Waals surface area contributed by atoms with Crippen molar-refractivity contribution in [2.75, 3.05) is 0 Å². The smallest absolute Gasteiger partial charge is 0.210 e. The maximum absolute atomic E-state index is 10.9. The molecule has 0 bridgehead atoms. The average molecular weight is 396 g/mol. The van der Waals surface area contributed by atoms with Gasteiger partial charge in [0.1, 0.15) is 23.5 Å². The Bertz CT molecular complexity index is 1000.